The van der Waals surface area contributed by atoms with Gasteiger partial charge in [-0.25, -0.2) is 0 Å². The molecule has 0 spiro atoms. The molecule has 0 N–H and O–H groups in total. The van der Waals surface area contributed by atoms with E-state index in [4.69, 9.17) is 4.74 Å². The molecule has 2 heterocycles. The number of methoxy groups -OCH3 is 1. The molecule has 3 amide bonds. The maximum atomic E-state index is 12.7. The highest BCUT2D eigenvalue weighted by atomic mass is 16.5. The lowest BCUT2D eigenvalue weighted by atomic mass is 10.1. The molecule has 2 aliphatic rings. The molecular weight excluding hydrogens is 358 g/mol. The van der Waals surface area contributed by atoms with Gasteiger partial charge in [-0.2, -0.15) is 0 Å². The van der Waals surface area contributed by atoms with Crippen molar-refractivity contribution in [3.63, 3.8) is 0 Å². The lowest BCUT2D eigenvalue weighted by molar-refractivity contribution is -0.135. The van der Waals surface area contributed by atoms with E-state index >= 15 is 0 Å². The van der Waals surface area contributed by atoms with Gasteiger partial charge in [-0.1, -0.05) is 12.1 Å². The van der Waals surface area contributed by atoms with E-state index in [0.717, 1.165) is 19.6 Å². The molecule has 2 aliphatic heterocycles. The predicted octanol–water partition coefficient (Wildman–Crippen LogP) is 1.63. The van der Waals surface area contributed by atoms with Crippen molar-refractivity contribution in [2.24, 2.45) is 0 Å². The Balaban J connectivity index is 1.54. The number of benzene rings is 1. The van der Waals surface area contributed by atoms with Gasteiger partial charge < -0.3 is 9.64 Å². The van der Waals surface area contributed by atoms with Crippen molar-refractivity contribution >= 4 is 17.7 Å². The third kappa shape index (κ3) is 4.10. The number of carbonyl (C=O) groups excluding carboxylic acids is 3. The number of nitrogens with zero attached hydrogens (tertiary/aromatic N) is 3. The lowest BCUT2D eigenvalue weighted by Gasteiger charge is -2.44. The van der Waals surface area contributed by atoms with Crippen LogP contribution in [0.2, 0.25) is 0 Å². The third-order valence-electron chi connectivity index (χ3n) is 5.65. The van der Waals surface area contributed by atoms with Crippen molar-refractivity contribution in [2.75, 3.05) is 39.9 Å². The van der Waals surface area contributed by atoms with E-state index in [1.54, 1.807) is 31.4 Å². The van der Waals surface area contributed by atoms with Gasteiger partial charge in [-0.15, -0.1) is 0 Å². The number of hydrogen-bond acceptors (Lipinski definition) is 5. The van der Waals surface area contributed by atoms with Crippen LogP contribution in [0.4, 0.5) is 0 Å². The molecular formula is C21H29N3O4. The molecule has 1 fully saturated rings. The zero-order valence-electron chi connectivity index (χ0n) is 16.9. The second-order valence-corrected chi connectivity index (χ2v) is 7.64. The quantitative estimate of drug-likeness (QED) is 0.525. The Morgan fingerprint density at radius 3 is 2.14 bits per heavy atom. The zero-order valence-corrected chi connectivity index (χ0v) is 16.9. The fourth-order valence-electron chi connectivity index (χ4n) is 4.20. The van der Waals surface area contributed by atoms with Gasteiger partial charge in [0.15, 0.2) is 0 Å². The minimum Gasteiger partial charge on any atom is -0.385 e. The van der Waals surface area contributed by atoms with Crippen LogP contribution >= 0.6 is 0 Å². The Hall–Kier alpha value is -2.25. The van der Waals surface area contributed by atoms with Crippen molar-refractivity contribution in [1.82, 2.24) is 14.7 Å². The second kappa shape index (κ2) is 8.84. The number of fused-ring (bicyclic) bond motifs is 1. The van der Waals surface area contributed by atoms with Gasteiger partial charge in [0.25, 0.3) is 11.8 Å². The van der Waals surface area contributed by atoms with Crippen LogP contribution in [0.1, 0.15) is 47.4 Å². The molecule has 7 heteroatoms. The summed E-state index contributed by atoms with van der Waals surface area (Å²) in [5.41, 5.74) is 0.846. The summed E-state index contributed by atoms with van der Waals surface area (Å²) in [5.74, 6) is -0.622. The van der Waals surface area contributed by atoms with Gasteiger partial charge in [-0.3, -0.25) is 24.2 Å². The van der Waals surface area contributed by atoms with Gasteiger partial charge in [-0.05, 0) is 32.4 Å². The second-order valence-electron chi connectivity index (χ2n) is 7.64. The zero-order chi connectivity index (χ0) is 20.3. The standard InChI is InChI=1S/C21H29N3O4/c1-15-13-22(14-16(2)23(15)10-6-12-28-3)19(25)9-11-24-20(26)17-7-4-5-8-18(17)21(24)27/h4-5,7-8,15-16H,6,9-14H2,1-3H3. The van der Waals surface area contributed by atoms with Gasteiger partial charge in [0.1, 0.15) is 0 Å². The number of amides is 3. The van der Waals surface area contributed by atoms with Crippen molar-refractivity contribution in [1.29, 1.82) is 0 Å². The fourth-order valence-corrected chi connectivity index (χ4v) is 4.20. The topological polar surface area (TPSA) is 70.2 Å². The van der Waals surface area contributed by atoms with E-state index in [2.05, 4.69) is 18.7 Å². The molecule has 1 aromatic rings. The maximum absolute atomic E-state index is 12.7. The molecule has 2 unspecified atom stereocenters. The van der Waals surface area contributed by atoms with Crippen LogP contribution in [0.5, 0.6) is 0 Å². The molecule has 0 saturated carbocycles. The summed E-state index contributed by atoms with van der Waals surface area (Å²) < 4.78 is 5.13. The summed E-state index contributed by atoms with van der Waals surface area (Å²) in [5, 5.41) is 0. The van der Waals surface area contributed by atoms with Gasteiger partial charge in [0.2, 0.25) is 5.91 Å². The number of rotatable bonds is 7. The number of hydrogen-bond donors (Lipinski definition) is 0. The van der Waals surface area contributed by atoms with Crippen LogP contribution in [-0.2, 0) is 9.53 Å². The van der Waals surface area contributed by atoms with Crippen LogP contribution in [0.3, 0.4) is 0 Å². The first-order chi connectivity index (χ1) is 13.4. The Bertz CT molecular complexity index is 704. The predicted molar refractivity (Wildman–Crippen MR) is 105 cm³/mol. The highest BCUT2D eigenvalue weighted by molar-refractivity contribution is 6.21. The van der Waals surface area contributed by atoms with E-state index in [1.165, 1.54) is 4.90 Å². The molecule has 0 aliphatic carbocycles. The normalized spacial score (nSPS) is 22.7. The monoisotopic (exact) mass is 387 g/mol. The molecule has 152 valence electrons. The number of imide groups is 1. The number of carbonyl (C=O) groups is 3. The summed E-state index contributed by atoms with van der Waals surface area (Å²) in [6.07, 6.45) is 1.13. The number of ether oxygens (including phenoxy) is 1. The Kier molecular flexibility index (Phi) is 6.46. The lowest BCUT2D eigenvalue weighted by Crippen LogP contribution is -2.58. The smallest absolute Gasteiger partial charge is 0.261 e. The summed E-state index contributed by atoms with van der Waals surface area (Å²) in [6, 6.07) is 7.33. The van der Waals surface area contributed by atoms with E-state index in [1.807, 2.05) is 4.90 Å². The van der Waals surface area contributed by atoms with Crippen molar-refractivity contribution in [3.8, 4) is 0 Å². The Morgan fingerprint density at radius 2 is 1.61 bits per heavy atom. The van der Waals surface area contributed by atoms with Crippen LogP contribution in [0.25, 0.3) is 0 Å². The molecule has 7 nitrogen and oxygen atoms in total. The molecule has 0 bridgehead atoms. The maximum Gasteiger partial charge on any atom is 0.261 e. The Labute approximate surface area is 166 Å². The van der Waals surface area contributed by atoms with E-state index in [9.17, 15) is 14.4 Å². The minimum absolute atomic E-state index is 0.00759. The van der Waals surface area contributed by atoms with E-state index in [-0.39, 0.29) is 42.8 Å². The van der Waals surface area contributed by atoms with Gasteiger partial charge >= 0.3 is 0 Å². The first-order valence-corrected chi connectivity index (χ1v) is 9.91. The highest BCUT2D eigenvalue weighted by Gasteiger charge is 2.36. The van der Waals surface area contributed by atoms with Crippen LogP contribution in [0.15, 0.2) is 24.3 Å². The third-order valence-corrected chi connectivity index (χ3v) is 5.65. The van der Waals surface area contributed by atoms with Crippen LogP contribution in [0, 0.1) is 0 Å². The van der Waals surface area contributed by atoms with Crippen molar-refractivity contribution in [3.05, 3.63) is 35.4 Å². The van der Waals surface area contributed by atoms with Crippen LogP contribution < -0.4 is 0 Å². The largest absolute Gasteiger partial charge is 0.385 e. The van der Waals surface area contributed by atoms with E-state index < -0.39 is 0 Å². The van der Waals surface area contributed by atoms with Crippen LogP contribution in [-0.4, -0.2) is 84.4 Å². The first-order valence-electron chi connectivity index (χ1n) is 9.91. The summed E-state index contributed by atoms with van der Waals surface area (Å²) in [4.78, 5) is 43.1. The molecule has 28 heavy (non-hydrogen) atoms. The summed E-state index contributed by atoms with van der Waals surface area (Å²) in [6.45, 7) is 7.41. The van der Waals surface area contributed by atoms with Crippen molar-refractivity contribution < 1.29 is 19.1 Å². The average Bonchev–Trinajstić information content (AvgIpc) is 2.92. The van der Waals surface area contributed by atoms with Gasteiger partial charge in [0, 0.05) is 58.4 Å². The molecule has 1 aromatic carbocycles. The SMILES string of the molecule is COCCCN1C(C)CN(C(=O)CCN2C(=O)c3ccccc3C2=O)CC1C. The molecule has 0 aromatic heterocycles. The summed E-state index contributed by atoms with van der Waals surface area (Å²) >= 11 is 0. The van der Waals surface area contributed by atoms with E-state index in [0.29, 0.717) is 24.2 Å². The molecule has 0 radical (unpaired) electrons. The summed E-state index contributed by atoms with van der Waals surface area (Å²) in [7, 11) is 1.71. The first kappa shape index (κ1) is 20.5. The molecule has 3 rings (SSSR count). The fraction of sp³-hybridized carbons (Fsp3) is 0.571. The van der Waals surface area contributed by atoms with Crippen molar-refractivity contribution in [2.45, 2.75) is 38.8 Å². The molecule has 2 atom stereocenters. The molecule has 1 saturated heterocycles. The highest BCUT2D eigenvalue weighted by Crippen LogP contribution is 2.23. The Morgan fingerprint density at radius 1 is 1.04 bits per heavy atom. The average molecular weight is 387 g/mol. The van der Waals surface area contributed by atoms with Gasteiger partial charge in [0.05, 0.1) is 11.1 Å². The minimum atomic E-state index is -0.307. The number of piperazine rings is 1.